The number of sulfonamides is 1. The van der Waals surface area contributed by atoms with Crippen molar-refractivity contribution in [3.05, 3.63) is 59.2 Å². The van der Waals surface area contributed by atoms with E-state index in [9.17, 15) is 22.8 Å². The van der Waals surface area contributed by atoms with Crippen LogP contribution >= 0.6 is 0 Å². The van der Waals surface area contributed by atoms with Gasteiger partial charge >= 0.3 is 11.9 Å². The van der Waals surface area contributed by atoms with E-state index in [4.69, 9.17) is 14.2 Å². The van der Waals surface area contributed by atoms with E-state index >= 15 is 0 Å². The molecule has 0 saturated heterocycles. The van der Waals surface area contributed by atoms with Crippen molar-refractivity contribution in [3.63, 3.8) is 0 Å². The summed E-state index contributed by atoms with van der Waals surface area (Å²) < 4.78 is 43.5. The Kier molecular flexibility index (Phi) is 6.78. The molecule has 0 aliphatic carbocycles. The number of hydrogen-bond acceptors (Lipinski definition) is 8. The van der Waals surface area contributed by atoms with Crippen molar-refractivity contribution < 1.29 is 37.0 Å². The number of fused-ring (bicyclic) bond motifs is 1. The van der Waals surface area contributed by atoms with Crippen LogP contribution in [0.3, 0.4) is 0 Å². The molecule has 1 amide bonds. The van der Waals surface area contributed by atoms with Gasteiger partial charge in [-0.3, -0.25) is 9.59 Å². The lowest BCUT2D eigenvalue weighted by atomic mass is 9.87. The number of nitrogens with zero attached hydrogens (tertiary/aromatic N) is 1. The highest BCUT2D eigenvalue weighted by Crippen LogP contribution is 2.47. The molecule has 1 unspecified atom stereocenters. The first kappa shape index (κ1) is 24.2. The zero-order chi connectivity index (χ0) is 24.4. The fourth-order valence-corrected chi connectivity index (χ4v) is 5.46. The molecule has 0 radical (unpaired) electrons. The largest absolute Gasteiger partial charge is 0.497 e. The van der Waals surface area contributed by atoms with Crippen molar-refractivity contribution in [3.8, 4) is 5.75 Å². The van der Waals surface area contributed by atoms with E-state index in [2.05, 4.69) is 0 Å². The van der Waals surface area contributed by atoms with Crippen LogP contribution in [0.25, 0.3) is 0 Å². The minimum absolute atomic E-state index is 0.00135. The van der Waals surface area contributed by atoms with Crippen molar-refractivity contribution in [1.29, 1.82) is 0 Å². The molecule has 0 saturated carbocycles. The Bertz CT molecular complexity index is 1190. The summed E-state index contributed by atoms with van der Waals surface area (Å²) in [5.74, 6) is -2.61. The molecule has 3 rings (SSSR count). The van der Waals surface area contributed by atoms with E-state index in [1.165, 1.54) is 44.4 Å². The number of methoxy groups -OCH3 is 1. The average molecular weight is 476 g/mol. The van der Waals surface area contributed by atoms with Gasteiger partial charge in [-0.1, -0.05) is 17.7 Å². The number of amides is 1. The minimum atomic E-state index is -4.59. The Morgan fingerprint density at radius 2 is 1.64 bits per heavy atom. The van der Waals surface area contributed by atoms with E-state index in [0.29, 0.717) is 4.31 Å². The molecule has 176 valence electrons. The summed E-state index contributed by atoms with van der Waals surface area (Å²) >= 11 is 0. The van der Waals surface area contributed by atoms with Crippen molar-refractivity contribution in [1.82, 2.24) is 4.31 Å². The van der Waals surface area contributed by atoms with Crippen LogP contribution in [-0.2, 0) is 34.6 Å². The van der Waals surface area contributed by atoms with Gasteiger partial charge in [-0.25, -0.2) is 17.5 Å². The zero-order valence-corrected chi connectivity index (χ0v) is 19.6. The second-order valence-corrected chi connectivity index (χ2v) is 9.15. The molecular formula is C23H25NO8S. The Morgan fingerprint density at radius 3 is 2.21 bits per heavy atom. The number of carbonyl (C=O) groups is 3. The smallest absolute Gasteiger partial charge is 0.338 e. The van der Waals surface area contributed by atoms with Crippen LogP contribution in [-0.4, -0.2) is 50.9 Å². The van der Waals surface area contributed by atoms with Crippen LogP contribution in [0.2, 0.25) is 0 Å². The Morgan fingerprint density at radius 1 is 1.00 bits per heavy atom. The number of hydrogen-bond donors (Lipinski definition) is 0. The summed E-state index contributed by atoms with van der Waals surface area (Å²) in [4.78, 5) is 39.4. The maximum absolute atomic E-state index is 13.8. The molecule has 9 nitrogen and oxygen atoms in total. The molecule has 1 atom stereocenters. The lowest BCUT2D eigenvalue weighted by molar-refractivity contribution is -0.160. The molecule has 0 fully saturated rings. The van der Waals surface area contributed by atoms with Gasteiger partial charge in [-0.05, 0) is 51.1 Å². The number of benzene rings is 2. The van der Waals surface area contributed by atoms with E-state index in [1.807, 2.05) is 0 Å². The molecular weight excluding hydrogens is 450 g/mol. The number of aryl methyl sites for hydroxylation is 1. The van der Waals surface area contributed by atoms with Gasteiger partial charge in [0.05, 0.1) is 31.6 Å². The third-order valence-corrected chi connectivity index (χ3v) is 7.14. The van der Waals surface area contributed by atoms with Crippen LogP contribution in [0.15, 0.2) is 47.4 Å². The minimum Gasteiger partial charge on any atom is -0.497 e. The van der Waals surface area contributed by atoms with Gasteiger partial charge in [0.15, 0.2) is 5.54 Å². The van der Waals surface area contributed by atoms with Gasteiger partial charge in [0, 0.05) is 11.1 Å². The fourth-order valence-electron chi connectivity index (χ4n) is 3.80. The first-order valence-corrected chi connectivity index (χ1v) is 11.7. The van der Waals surface area contributed by atoms with Crippen LogP contribution in [0.1, 0.15) is 41.8 Å². The predicted octanol–water partition coefficient (Wildman–Crippen LogP) is 2.56. The first-order chi connectivity index (χ1) is 15.6. The number of rotatable bonds is 8. The van der Waals surface area contributed by atoms with Gasteiger partial charge in [-0.2, -0.15) is 0 Å². The standard InChI is InChI=1S/C23H25NO8S/c1-5-31-20(25)14-23(22(27)32-6-2)19-13-16(30-4)9-12-18(19)21(26)24(23)33(28,29)17-10-7-15(3)8-11-17/h7-13H,5-6,14H2,1-4H3. The van der Waals surface area contributed by atoms with Crippen molar-refractivity contribution in [2.75, 3.05) is 20.3 Å². The highest BCUT2D eigenvalue weighted by Gasteiger charge is 2.62. The van der Waals surface area contributed by atoms with Crippen LogP contribution in [0, 0.1) is 6.92 Å². The highest BCUT2D eigenvalue weighted by atomic mass is 32.2. The van der Waals surface area contributed by atoms with Gasteiger partial charge in [-0.15, -0.1) is 0 Å². The maximum Gasteiger partial charge on any atom is 0.338 e. The number of carbonyl (C=O) groups excluding carboxylic acids is 3. The van der Waals surface area contributed by atoms with Gasteiger partial charge in [0.1, 0.15) is 5.75 Å². The summed E-state index contributed by atoms with van der Waals surface area (Å²) in [6.45, 7) is 4.80. The summed E-state index contributed by atoms with van der Waals surface area (Å²) in [6, 6.07) is 10.0. The molecule has 10 heteroatoms. The molecule has 1 heterocycles. The number of ether oxygens (including phenoxy) is 3. The summed E-state index contributed by atoms with van der Waals surface area (Å²) in [7, 11) is -3.20. The van der Waals surface area contributed by atoms with E-state index in [1.54, 1.807) is 26.0 Å². The van der Waals surface area contributed by atoms with Gasteiger partial charge in [0.2, 0.25) is 0 Å². The molecule has 2 aromatic carbocycles. The lowest BCUT2D eigenvalue weighted by Gasteiger charge is -2.35. The number of esters is 2. The average Bonchev–Trinajstić information content (AvgIpc) is 3.03. The topological polar surface area (TPSA) is 116 Å². The first-order valence-electron chi connectivity index (χ1n) is 10.3. The van der Waals surface area contributed by atoms with Crippen LogP contribution in [0.4, 0.5) is 0 Å². The van der Waals surface area contributed by atoms with E-state index < -0.39 is 39.8 Å². The monoisotopic (exact) mass is 475 g/mol. The van der Waals surface area contributed by atoms with Crippen molar-refractivity contribution >= 4 is 27.9 Å². The Labute approximate surface area is 192 Å². The third kappa shape index (κ3) is 4.06. The quantitative estimate of drug-likeness (QED) is 0.535. The predicted molar refractivity (Wildman–Crippen MR) is 117 cm³/mol. The summed E-state index contributed by atoms with van der Waals surface area (Å²) in [5.41, 5.74) is -1.55. The molecule has 0 N–H and O–H groups in total. The Balaban J connectivity index is 2.35. The van der Waals surface area contributed by atoms with Crippen molar-refractivity contribution in [2.45, 2.75) is 37.6 Å². The summed E-state index contributed by atoms with van der Waals surface area (Å²) in [6.07, 6.45) is -0.753. The molecule has 0 spiro atoms. The van der Waals surface area contributed by atoms with E-state index in [0.717, 1.165) is 5.56 Å². The summed E-state index contributed by atoms with van der Waals surface area (Å²) in [5, 5.41) is 0. The molecule has 0 bridgehead atoms. The second-order valence-electron chi connectivity index (χ2n) is 7.36. The molecule has 0 aromatic heterocycles. The SMILES string of the molecule is CCOC(=O)CC1(C(=O)OCC)c2cc(OC)ccc2C(=O)N1S(=O)(=O)c1ccc(C)cc1. The fraction of sp³-hybridized carbons (Fsp3) is 0.348. The molecule has 2 aromatic rings. The molecule has 1 aliphatic rings. The van der Waals surface area contributed by atoms with Gasteiger partial charge in [0.25, 0.3) is 15.9 Å². The van der Waals surface area contributed by atoms with E-state index in [-0.39, 0.29) is 35.0 Å². The van der Waals surface area contributed by atoms with Crippen molar-refractivity contribution in [2.24, 2.45) is 0 Å². The normalized spacial score (nSPS) is 17.5. The van der Waals surface area contributed by atoms with Crippen LogP contribution < -0.4 is 4.74 Å². The second kappa shape index (κ2) is 9.22. The van der Waals surface area contributed by atoms with Crippen LogP contribution in [0.5, 0.6) is 5.75 Å². The zero-order valence-electron chi connectivity index (χ0n) is 18.8. The lowest BCUT2D eigenvalue weighted by Crippen LogP contribution is -2.54. The maximum atomic E-state index is 13.8. The molecule has 1 aliphatic heterocycles. The van der Waals surface area contributed by atoms with Gasteiger partial charge < -0.3 is 14.2 Å². The Hall–Kier alpha value is -3.40. The highest BCUT2D eigenvalue weighted by molar-refractivity contribution is 7.89. The molecule has 33 heavy (non-hydrogen) atoms. The third-order valence-electron chi connectivity index (χ3n) is 5.31.